The van der Waals surface area contributed by atoms with E-state index in [1.165, 1.54) is 0 Å². The van der Waals surface area contributed by atoms with E-state index in [1.807, 2.05) is 0 Å². The molecule has 134 valence electrons. The van der Waals surface area contributed by atoms with Gasteiger partial charge in [0.1, 0.15) is 0 Å². The van der Waals surface area contributed by atoms with Crippen LogP contribution in [0, 0.1) is 0 Å². The number of ether oxygens (including phenoxy) is 2. The summed E-state index contributed by atoms with van der Waals surface area (Å²) < 4.78 is 10.7. The van der Waals surface area contributed by atoms with Gasteiger partial charge in [-0.2, -0.15) is 0 Å². The van der Waals surface area contributed by atoms with Crippen LogP contribution >= 0.6 is 0 Å². The SMILES string of the molecule is CC(C)(CNC(=O)NCCCN1CCOCC1)N1CCOCC1. The molecule has 2 aliphatic rings. The molecule has 0 saturated carbocycles. The van der Waals surface area contributed by atoms with Crippen LogP contribution < -0.4 is 10.6 Å². The van der Waals surface area contributed by atoms with E-state index in [-0.39, 0.29) is 11.6 Å². The molecule has 2 saturated heterocycles. The maximum Gasteiger partial charge on any atom is 0.314 e. The molecular formula is C16H32N4O3. The minimum atomic E-state index is -0.0756. The Labute approximate surface area is 139 Å². The van der Waals surface area contributed by atoms with Crippen LogP contribution in [0.3, 0.4) is 0 Å². The molecule has 0 spiro atoms. The molecule has 7 heteroatoms. The van der Waals surface area contributed by atoms with Gasteiger partial charge in [0, 0.05) is 44.8 Å². The lowest BCUT2D eigenvalue weighted by Crippen LogP contribution is -2.56. The Morgan fingerprint density at radius 3 is 2.26 bits per heavy atom. The van der Waals surface area contributed by atoms with Crippen molar-refractivity contribution in [3.8, 4) is 0 Å². The first kappa shape index (κ1) is 18.4. The van der Waals surface area contributed by atoms with Gasteiger partial charge in [0.2, 0.25) is 0 Å². The Kier molecular flexibility index (Phi) is 7.55. The predicted octanol–water partition coefficient (Wildman–Crippen LogP) is 0.119. The van der Waals surface area contributed by atoms with Gasteiger partial charge in [0.25, 0.3) is 0 Å². The lowest BCUT2D eigenvalue weighted by molar-refractivity contribution is -0.00874. The molecular weight excluding hydrogens is 296 g/mol. The summed E-state index contributed by atoms with van der Waals surface area (Å²) in [5.41, 5.74) is -0.0467. The van der Waals surface area contributed by atoms with Crippen molar-refractivity contribution in [2.45, 2.75) is 25.8 Å². The Bertz CT molecular complexity index is 353. The Balaban J connectivity index is 1.55. The van der Waals surface area contributed by atoms with Crippen molar-refractivity contribution in [1.82, 2.24) is 20.4 Å². The molecule has 0 aromatic rings. The van der Waals surface area contributed by atoms with E-state index in [1.54, 1.807) is 0 Å². The van der Waals surface area contributed by atoms with E-state index < -0.39 is 0 Å². The highest BCUT2D eigenvalue weighted by molar-refractivity contribution is 5.73. The van der Waals surface area contributed by atoms with E-state index in [0.29, 0.717) is 13.1 Å². The maximum absolute atomic E-state index is 11.9. The topological polar surface area (TPSA) is 66.1 Å². The van der Waals surface area contributed by atoms with Gasteiger partial charge in [0.05, 0.1) is 26.4 Å². The van der Waals surface area contributed by atoms with Crippen LogP contribution in [-0.4, -0.2) is 93.6 Å². The van der Waals surface area contributed by atoms with Crippen molar-refractivity contribution in [1.29, 1.82) is 0 Å². The summed E-state index contributed by atoms with van der Waals surface area (Å²) in [6.07, 6.45) is 0.972. The number of urea groups is 1. The lowest BCUT2D eigenvalue weighted by atomic mass is 10.0. The number of nitrogens with one attached hydrogen (secondary N) is 2. The Morgan fingerprint density at radius 1 is 1.00 bits per heavy atom. The normalized spacial score (nSPS) is 21.1. The third-order valence-electron chi connectivity index (χ3n) is 4.59. The molecule has 2 aliphatic heterocycles. The summed E-state index contributed by atoms with van der Waals surface area (Å²) >= 11 is 0. The molecule has 2 rings (SSSR count). The van der Waals surface area contributed by atoms with Crippen molar-refractivity contribution in [2.24, 2.45) is 0 Å². The minimum absolute atomic E-state index is 0.0467. The number of hydrogen-bond donors (Lipinski definition) is 2. The molecule has 0 unspecified atom stereocenters. The molecule has 0 atom stereocenters. The van der Waals surface area contributed by atoms with Gasteiger partial charge in [-0.3, -0.25) is 9.80 Å². The van der Waals surface area contributed by atoms with Crippen molar-refractivity contribution < 1.29 is 14.3 Å². The highest BCUT2D eigenvalue weighted by atomic mass is 16.5. The lowest BCUT2D eigenvalue weighted by Gasteiger charge is -2.40. The molecule has 2 heterocycles. The maximum atomic E-state index is 11.9. The third-order valence-corrected chi connectivity index (χ3v) is 4.59. The van der Waals surface area contributed by atoms with Crippen molar-refractivity contribution in [3.63, 3.8) is 0 Å². The predicted molar refractivity (Wildman–Crippen MR) is 89.7 cm³/mol. The molecule has 0 bridgehead atoms. The second-order valence-corrected chi connectivity index (χ2v) is 6.83. The van der Waals surface area contributed by atoms with E-state index >= 15 is 0 Å². The van der Waals surface area contributed by atoms with Crippen molar-refractivity contribution >= 4 is 6.03 Å². The highest BCUT2D eigenvalue weighted by Crippen LogP contribution is 2.14. The van der Waals surface area contributed by atoms with Crippen LogP contribution in [0.15, 0.2) is 0 Å². The van der Waals surface area contributed by atoms with Gasteiger partial charge in [-0.05, 0) is 26.8 Å². The third kappa shape index (κ3) is 6.63. The van der Waals surface area contributed by atoms with Gasteiger partial charge in [-0.25, -0.2) is 4.79 Å². The van der Waals surface area contributed by atoms with Gasteiger partial charge < -0.3 is 20.1 Å². The zero-order valence-electron chi connectivity index (χ0n) is 14.6. The van der Waals surface area contributed by atoms with Gasteiger partial charge >= 0.3 is 6.03 Å². The fourth-order valence-corrected chi connectivity index (χ4v) is 2.97. The minimum Gasteiger partial charge on any atom is -0.379 e. The smallest absolute Gasteiger partial charge is 0.314 e. The number of nitrogens with zero attached hydrogens (tertiary/aromatic N) is 2. The number of hydrogen-bond acceptors (Lipinski definition) is 5. The second-order valence-electron chi connectivity index (χ2n) is 6.83. The van der Waals surface area contributed by atoms with E-state index in [4.69, 9.17) is 9.47 Å². The quantitative estimate of drug-likeness (QED) is 0.650. The molecule has 7 nitrogen and oxygen atoms in total. The van der Waals surface area contributed by atoms with Gasteiger partial charge in [-0.15, -0.1) is 0 Å². The first-order valence-electron chi connectivity index (χ1n) is 8.72. The molecule has 0 aliphatic carbocycles. The monoisotopic (exact) mass is 328 g/mol. The van der Waals surface area contributed by atoms with Crippen LogP contribution in [0.25, 0.3) is 0 Å². The summed E-state index contributed by atoms with van der Waals surface area (Å²) in [6, 6.07) is -0.0756. The second kappa shape index (κ2) is 9.42. The van der Waals surface area contributed by atoms with Crippen LogP contribution in [0.1, 0.15) is 20.3 Å². The standard InChI is InChI=1S/C16H32N4O3/c1-16(2,20-8-12-23-13-9-20)14-18-15(21)17-4-3-5-19-6-10-22-11-7-19/h3-14H2,1-2H3,(H2,17,18,21). The summed E-state index contributed by atoms with van der Waals surface area (Å²) in [6.45, 7) is 13.7. The fraction of sp³-hybridized carbons (Fsp3) is 0.938. The number of amides is 2. The average molecular weight is 328 g/mol. The van der Waals surface area contributed by atoms with Crippen molar-refractivity contribution in [2.75, 3.05) is 72.2 Å². The number of carbonyl (C=O) groups excluding carboxylic acids is 1. The summed E-state index contributed by atoms with van der Waals surface area (Å²) in [4.78, 5) is 16.7. The highest BCUT2D eigenvalue weighted by Gasteiger charge is 2.28. The molecule has 2 amide bonds. The number of carbonyl (C=O) groups is 1. The van der Waals surface area contributed by atoms with E-state index in [9.17, 15) is 4.79 Å². The summed E-state index contributed by atoms with van der Waals surface area (Å²) in [5, 5.41) is 5.94. The first-order valence-corrected chi connectivity index (χ1v) is 8.72. The van der Waals surface area contributed by atoms with Crippen LogP contribution in [0.5, 0.6) is 0 Å². The Morgan fingerprint density at radius 2 is 1.61 bits per heavy atom. The van der Waals surface area contributed by atoms with Crippen molar-refractivity contribution in [3.05, 3.63) is 0 Å². The fourth-order valence-electron chi connectivity index (χ4n) is 2.97. The molecule has 0 aromatic carbocycles. The number of morpholine rings is 2. The molecule has 23 heavy (non-hydrogen) atoms. The first-order chi connectivity index (χ1) is 11.1. The zero-order valence-corrected chi connectivity index (χ0v) is 14.6. The largest absolute Gasteiger partial charge is 0.379 e. The van der Waals surface area contributed by atoms with E-state index in [2.05, 4.69) is 34.3 Å². The molecule has 0 radical (unpaired) electrons. The van der Waals surface area contributed by atoms with Crippen LogP contribution in [0.2, 0.25) is 0 Å². The Hall–Kier alpha value is -0.890. The zero-order chi connectivity index (χ0) is 16.5. The van der Waals surface area contributed by atoms with Gasteiger partial charge in [-0.1, -0.05) is 0 Å². The molecule has 0 aromatic heterocycles. The van der Waals surface area contributed by atoms with Gasteiger partial charge in [0.15, 0.2) is 0 Å². The summed E-state index contributed by atoms with van der Waals surface area (Å²) in [7, 11) is 0. The van der Waals surface area contributed by atoms with Crippen LogP contribution in [-0.2, 0) is 9.47 Å². The average Bonchev–Trinajstić information content (AvgIpc) is 2.59. The summed E-state index contributed by atoms with van der Waals surface area (Å²) in [5.74, 6) is 0. The van der Waals surface area contributed by atoms with Crippen LogP contribution in [0.4, 0.5) is 4.79 Å². The molecule has 2 fully saturated rings. The molecule has 2 N–H and O–H groups in total. The number of rotatable bonds is 7. The van der Waals surface area contributed by atoms with E-state index in [0.717, 1.165) is 65.6 Å².